The number of likely N-dealkylation sites (N-methyl/N-ethyl adjacent to an activating group) is 1. The Morgan fingerprint density at radius 1 is 1.57 bits per heavy atom. The fraction of sp³-hybridized carbons (Fsp3) is 0.300. The molecule has 0 amide bonds. The molecular weight excluding hydrogens is 181 g/mol. The molecular formula is C10H12FN3. The molecule has 0 aliphatic carbocycles. The van der Waals surface area contributed by atoms with Crippen molar-refractivity contribution in [2.45, 2.75) is 6.42 Å². The van der Waals surface area contributed by atoms with E-state index in [1.54, 1.807) is 16.7 Å². The van der Waals surface area contributed by atoms with Gasteiger partial charge < -0.3 is 9.72 Å². The minimum Gasteiger partial charge on any atom is -0.319 e. The summed E-state index contributed by atoms with van der Waals surface area (Å²) in [4.78, 5) is 4.20. The van der Waals surface area contributed by atoms with E-state index in [9.17, 15) is 4.39 Å². The topological polar surface area (TPSA) is 29.3 Å². The first-order chi connectivity index (χ1) is 6.81. The second-order valence-corrected chi connectivity index (χ2v) is 3.17. The average Bonchev–Trinajstić information content (AvgIpc) is 2.59. The number of halogens is 1. The van der Waals surface area contributed by atoms with Crippen molar-refractivity contribution in [1.29, 1.82) is 0 Å². The lowest BCUT2D eigenvalue weighted by molar-refractivity contribution is 0.629. The molecule has 0 spiro atoms. The highest BCUT2D eigenvalue weighted by Crippen LogP contribution is 2.09. The number of hydrogen-bond donors (Lipinski definition) is 1. The first-order valence-corrected chi connectivity index (χ1v) is 4.58. The van der Waals surface area contributed by atoms with Crippen LogP contribution in [-0.2, 0) is 6.42 Å². The van der Waals surface area contributed by atoms with Gasteiger partial charge in [-0.3, -0.25) is 0 Å². The Bertz CT molecular complexity index is 436. The largest absolute Gasteiger partial charge is 0.319 e. The fourth-order valence-electron chi connectivity index (χ4n) is 1.40. The van der Waals surface area contributed by atoms with E-state index >= 15 is 0 Å². The second-order valence-electron chi connectivity index (χ2n) is 3.17. The van der Waals surface area contributed by atoms with E-state index in [1.807, 2.05) is 13.2 Å². The molecule has 14 heavy (non-hydrogen) atoms. The predicted molar refractivity (Wildman–Crippen MR) is 52.8 cm³/mol. The molecule has 2 aromatic rings. The summed E-state index contributed by atoms with van der Waals surface area (Å²) in [5, 5.41) is 3.03. The van der Waals surface area contributed by atoms with E-state index in [0.717, 1.165) is 18.7 Å². The minimum atomic E-state index is -0.275. The molecule has 0 atom stereocenters. The molecule has 0 aliphatic heterocycles. The van der Waals surface area contributed by atoms with Gasteiger partial charge in [0.2, 0.25) is 0 Å². The molecule has 0 fully saturated rings. The van der Waals surface area contributed by atoms with E-state index in [1.165, 1.54) is 6.07 Å². The molecule has 0 bridgehead atoms. The Kier molecular flexibility index (Phi) is 2.45. The summed E-state index contributed by atoms with van der Waals surface area (Å²) in [6.45, 7) is 0.853. The third-order valence-corrected chi connectivity index (χ3v) is 2.12. The number of fused-ring (bicyclic) bond motifs is 1. The molecule has 2 heterocycles. The quantitative estimate of drug-likeness (QED) is 0.794. The third kappa shape index (κ3) is 1.61. The highest BCUT2D eigenvalue weighted by molar-refractivity contribution is 5.41. The van der Waals surface area contributed by atoms with Crippen molar-refractivity contribution >= 4 is 5.65 Å². The van der Waals surface area contributed by atoms with Crippen molar-refractivity contribution in [3.05, 3.63) is 36.0 Å². The van der Waals surface area contributed by atoms with Gasteiger partial charge in [0.1, 0.15) is 0 Å². The number of hydrogen-bond acceptors (Lipinski definition) is 2. The van der Waals surface area contributed by atoms with Gasteiger partial charge in [0.15, 0.2) is 11.5 Å². The van der Waals surface area contributed by atoms with Crippen LogP contribution in [0.15, 0.2) is 24.5 Å². The van der Waals surface area contributed by atoms with Crippen molar-refractivity contribution in [2.24, 2.45) is 0 Å². The smallest absolute Gasteiger partial charge is 0.173 e. The number of pyridine rings is 1. The molecule has 3 nitrogen and oxygen atoms in total. The summed E-state index contributed by atoms with van der Waals surface area (Å²) in [5.41, 5.74) is 1.31. The van der Waals surface area contributed by atoms with Gasteiger partial charge in [-0.25, -0.2) is 9.37 Å². The predicted octanol–water partition coefficient (Wildman–Crippen LogP) is 1.24. The van der Waals surface area contributed by atoms with E-state index in [2.05, 4.69) is 10.3 Å². The Hall–Kier alpha value is -1.42. The third-order valence-electron chi connectivity index (χ3n) is 2.12. The van der Waals surface area contributed by atoms with Crippen molar-refractivity contribution in [1.82, 2.24) is 14.7 Å². The number of imidazole rings is 1. The van der Waals surface area contributed by atoms with Gasteiger partial charge in [0.05, 0.1) is 5.69 Å². The Morgan fingerprint density at radius 3 is 3.14 bits per heavy atom. The minimum absolute atomic E-state index is 0.275. The Morgan fingerprint density at radius 2 is 2.43 bits per heavy atom. The first-order valence-electron chi connectivity index (χ1n) is 4.58. The SMILES string of the molecule is CNCCc1cn2cccc(F)c2n1. The standard InChI is InChI=1S/C10H12FN3/c1-12-5-4-8-7-14-6-2-3-9(11)10(14)13-8/h2-3,6-7,12H,4-5H2,1H3. The molecule has 0 saturated carbocycles. The highest BCUT2D eigenvalue weighted by Gasteiger charge is 2.04. The van der Waals surface area contributed by atoms with Crippen LogP contribution in [0.4, 0.5) is 4.39 Å². The lowest BCUT2D eigenvalue weighted by Crippen LogP contribution is -2.10. The maximum absolute atomic E-state index is 13.2. The molecule has 0 aliphatic rings. The monoisotopic (exact) mass is 193 g/mol. The zero-order valence-corrected chi connectivity index (χ0v) is 8.00. The van der Waals surface area contributed by atoms with Crippen molar-refractivity contribution in [3.8, 4) is 0 Å². The summed E-state index contributed by atoms with van der Waals surface area (Å²) in [6, 6.07) is 3.09. The van der Waals surface area contributed by atoms with Crippen LogP contribution in [-0.4, -0.2) is 23.0 Å². The van der Waals surface area contributed by atoms with Crippen LogP contribution in [0.1, 0.15) is 5.69 Å². The number of rotatable bonds is 3. The van der Waals surface area contributed by atoms with Crippen molar-refractivity contribution in [2.75, 3.05) is 13.6 Å². The summed E-state index contributed by atoms with van der Waals surface area (Å²) in [6.07, 6.45) is 4.47. The summed E-state index contributed by atoms with van der Waals surface area (Å²) < 4.78 is 14.9. The van der Waals surface area contributed by atoms with E-state index in [-0.39, 0.29) is 5.82 Å². The number of aromatic nitrogens is 2. The number of nitrogens with one attached hydrogen (secondary N) is 1. The van der Waals surface area contributed by atoms with E-state index < -0.39 is 0 Å². The van der Waals surface area contributed by atoms with Gasteiger partial charge in [-0.15, -0.1) is 0 Å². The van der Waals surface area contributed by atoms with Gasteiger partial charge in [0.25, 0.3) is 0 Å². The van der Waals surface area contributed by atoms with Crippen molar-refractivity contribution < 1.29 is 4.39 Å². The van der Waals surface area contributed by atoms with Crippen LogP contribution in [0.3, 0.4) is 0 Å². The molecule has 0 radical (unpaired) electrons. The van der Waals surface area contributed by atoms with Crippen LogP contribution in [0.25, 0.3) is 5.65 Å². The van der Waals surface area contributed by atoms with Crippen LogP contribution in [0, 0.1) is 5.82 Å². The van der Waals surface area contributed by atoms with Crippen LogP contribution < -0.4 is 5.32 Å². The van der Waals surface area contributed by atoms with Crippen LogP contribution in [0.2, 0.25) is 0 Å². The lowest BCUT2D eigenvalue weighted by Gasteiger charge is -1.92. The maximum Gasteiger partial charge on any atom is 0.173 e. The zero-order valence-electron chi connectivity index (χ0n) is 8.00. The molecule has 2 rings (SSSR count). The molecule has 1 N–H and O–H groups in total. The summed E-state index contributed by atoms with van der Waals surface area (Å²) in [5.74, 6) is -0.275. The van der Waals surface area contributed by atoms with E-state index in [0.29, 0.717) is 5.65 Å². The molecule has 2 aromatic heterocycles. The summed E-state index contributed by atoms with van der Waals surface area (Å²) in [7, 11) is 1.89. The lowest BCUT2D eigenvalue weighted by atomic mass is 10.3. The van der Waals surface area contributed by atoms with Crippen molar-refractivity contribution in [3.63, 3.8) is 0 Å². The fourth-order valence-corrected chi connectivity index (χ4v) is 1.40. The van der Waals surface area contributed by atoms with Gasteiger partial charge >= 0.3 is 0 Å². The van der Waals surface area contributed by atoms with Gasteiger partial charge in [-0.1, -0.05) is 0 Å². The Balaban J connectivity index is 2.36. The molecule has 0 aromatic carbocycles. The zero-order chi connectivity index (χ0) is 9.97. The normalized spacial score (nSPS) is 11.0. The number of nitrogens with zero attached hydrogens (tertiary/aromatic N) is 2. The maximum atomic E-state index is 13.2. The van der Waals surface area contributed by atoms with Gasteiger partial charge in [0, 0.05) is 25.4 Å². The molecule has 0 saturated heterocycles. The van der Waals surface area contributed by atoms with Crippen LogP contribution >= 0.6 is 0 Å². The average molecular weight is 193 g/mol. The second kappa shape index (κ2) is 3.75. The summed E-state index contributed by atoms with van der Waals surface area (Å²) >= 11 is 0. The molecule has 74 valence electrons. The first kappa shape index (κ1) is 9.15. The van der Waals surface area contributed by atoms with Crippen LogP contribution in [0.5, 0.6) is 0 Å². The Labute approximate surface area is 81.6 Å². The highest BCUT2D eigenvalue weighted by atomic mass is 19.1. The van der Waals surface area contributed by atoms with Gasteiger partial charge in [-0.05, 0) is 19.2 Å². The van der Waals surface area contributed by atoms with Gasteiger partial charge in [-0.2, -0.15) is 0 Å². The molecule has 4 heteroatoms. The van der Waals surface area contributed by atoms with E-state index in [4.69, 9.17) is 0 Å². The molecule has 0 unspecified atom stereocenters.